The molecule has 14 heteroatoms. The first kappa shape index (κ1) is 31.4. The first-order chi connectivity index (χ1) is 21.0. The number of fused-ring (bicyclic) bond motifs is 2. The van der Waals surface area contributed by atoms with E-state index in [9.17, 15) is 39.9 Å². The molecule has 1 saturated heterocycles. The van der Waals surface area contributed by atoms with Crippen LogP contribution in [0.2, 0.25) is 0 Å². The zero-order valence-electron chi connectivity index (χ0n) is 23.6. The van der Waals surface area contributed by atoms with Gasteiger partial charge in [-0.2, -0.15) is 0 Å². The van der Waals surface area contributed by atoms with Gasteiger partial charge in [-0.3, -0.25) is 0 Å². The maximum absolute atomic E-state index is 13.1. The van der Waals surface area contributed by atoms with Gasteiger partial charge in [-0.15, -0.1) is 0 Å². The van der Waals surface area contributed by atoms with Gasteiger partial charge in [-0.05, 0) is 42.8 Å². The molecule has 3 heterocycles. The molecule has 0 radical (unpaired) electrons. The molecule has 14 nitrogen and oxygen atoms in total. The molecule has 10 atom stereocenters. The summed E-state index contributed by atoms with van der Waals surface area (Å²) in [4.78, 5) is 38.2. The van der Waals surface area contributed by atoms with Crippen LogP contribution in [0.15, 0.2) is 66.0 Å². The number of aromatic hydroxyl groups is 1. The van der Waals surface area contributed by atoms with E-state index < -0.39 is 85.1 Å². The van der Waals surface area contributed by atoms with Crippen molar-refractivity contribution in [1.29, 1.82) is 0 Å². The van der Waals surface area contributed by atoms with Crippen LogP contribution >= 0.6 is 0 Å². The van der Waals surface area contributed by atoms with E-state index in [1.54, 1.807) is 18.2 Å². The quantitative estimate of drug-likeness (QED) is 0.109. The highest BCUT2D eigenvalue weighted by atomic mass is 16.8. The van der Waals surface area contributed by atoms with Gasteiger partial charge < -0.3 is 54.0 Å². The summed E-state index contributed by atoms with van der Waals surface area (Å²) in [7, 11) is 1.18. The lowest BCUT2D eigenvalue weighted by Gasteiger charge is -2.44. The average Bonchev–Trinajstić information content (AvgIpc) is 3.56. The number of carbonyl (C=O) groups is 3. The highest BCUT2D eigenvalue weighted by Gasteiger charge is 2.60. The van der Waals surface area contributed by atoms with Crippen molar-refractivity contribution in [2.24, 2.45) is 11.8 Å². The number of methoxy groups -OCH3 is 1. The van der Waals surface area contributed by atoms with Gasteiger partial charge >= 0.3 is 17.9 Å². The number of aliphatic hydroxyl groups excluding tert-OH is 4. The van der Waals surface area contributed by atoms with Crippen molar-refractivity contribution in [1.82, 2.24) is 0 Å². The fourth-order valence-electron chi connectivity index (χ4n) is 5.59. The molecule has 4 aliphatic rings. The zero-order valence-corrected chi connectivity index (χ0v) is 23.6. The number of carbonyl (C=O) groups excluding carboxylic acids is 3. The molecular formula is C30H32O14. The first-order valence-electron chi connectivity index (χ1n) is 13.7. The van der Waals surface area contributed by atoms with Crippen molar-refractivity contribution in [3.63, 3.8) is 0 Å². The van der Waals surface area contributed by atoms with Crippen LogP contribution in [0.3, 0.4) is 0 Å². The Morgan fingerprint density at radius 1 is 1.09 bits per heavy atom. The molecule has 0 aromatic heterocycles. The number of phenols is 1. The number of hydrogen-bond donors (Lipinski definition) is 5. The average molecular weight is 617 g/mol. The second-order valence-electron chi connectivity index (χ2n) is 10.7. The first-order valence-corrected chi connectivity index (χ1v) is 13.7. The Morgan fingerprint density at radius 2 is 1.82 bits per heavy atom. The van der Waals surface area contributed by atoms with Crippen molar-refractivity contribution in [3.8, 4) is 5.75 Å². The number of phenolic OH excluding ortho intramolecular Hbond substituents is 1. The lowest BCUT2D eigenvalue weighted by atomic mass is 9.78. The fraction of sp³-hybridized carbons (Fsp3) is 0.433. The van der Waals surface area contributed by atoms with E-state index in [-0.39, 0.29) is 16.9 Å². The van der Waals surface area contributed by atoms with Crippen molar-refractivity contribution >= 4 is 24.0 Å². The minimum absolute atomic E-state index is 0.00226. The normalized spacial score (nSPS) is 35.0. The fourth-order valence-corrected chi connectivity index (χ4v) is 5.59. The maximum Gasteiger partial charge on any atom is 0.338 e. The zero-order chi connectivity index (χ0) is 31.8. The van der Waals surface area contributed by atoms with E-state index in [0.717, 1.165) is 12.3 Å². The Labute approximate surface area is 251 Å². The summed E-state index contributed by atoms with van der Waals surface area (Å²) in [5.41, 5.74) is -0.852. The van der Waals surface area contributed by atoms with Gasteiger partial charge in [-0.25, -0.2) is 14.4 Å². The second kappa shape index (κ2) is 12.5. The van der Waals surface area contributed by atoms with E-state index in [2.05, 4.69) is 0 Å². The van der Waals surface area contributed by atoms with Crippen LogP contribution < -0.4 is 0 Å². The largest absolute Gasteiger partial charge is 0.508 e. The van der Waals surface area contributed by atoms with Gasteiger partial charge in [0.15, 0.2) is 11.9 Å². The number of benzene rings is 1. The highest BCUT2D eigenvalue weighted by Crippen LogP contribution is 2.51. The van der Waals surface area contributed by atoms with Gasteiger partial charge in [0, 0.05) is 12.0 Å². The van der Waals surface area contributed by atoms with Gasteiger partial charge in [0.25, 0.3) is 0 Å². The number of esters is 3. The third-order valence-electron chi connectivity index (χ3n) is 7.91. The molecule has 1 spiro atoms. The monoisotopic (exact) mass is 616 g/mol. The number of rotatable bonds is 8. The SMILES string of the molecule is COC(=O)C1=COC(OC2OC(CO)C(O)C(O)C2O)C2C1C=CC21C=C(C(C)OC(=O)/C=C/c2ccc(O)cc2)C(=O)O1. The molecule has 1 fully saturated rings. The molecule has 236 valence electrons. The van der Waals surface area contributed by atoms with Crippen molar-refractivity contribution in [2.75, 3.05) is 13.7 Å². The number of hydrogen-bond acceptors (Lipinski definition) is 14. The summed E-state index contributed by atoms with van der Waals surface area (Å²) in [6, 6.07) is 6.11. The van der Waals surface area contributed by atoms with Gasteiger partial charge in [0.1, 0.15) is 36.3 Å². The van der Waals surface area contributed by atoms with Crippen LogP contribution in [0, 0.1) is 11.8 Å². The molecule has 3 aliphatic heterocycles. The summed E-state index contributed by atoms with van der Waals surface area (Å²) < 4.78 is 33.2. The minimum atomic E-state index is -1.75. The molecule has 0 saturated carbocycles. The van der Waals surface area contributed by atoms with E-state index in [0.29, 0.717) is 5.56 Å². The van der Waals surface area contributed by atoms with E-state index >= 15 is 0 Å². The maximum atomic E-state index is 13.1. The number of allylic oxidation sites excluding steroid dienone is 1. The standard InChI is InChI=1S/C30H32O14/c1-14(41-21(33)8-5-15-3-6-16(32)7-4-15)18-11-30(44-27(18)38)10-9-17-19(26(37)39-2)13-40-28(22(17)30)43-29-25(36)24(35)23(34)20(12-31)42-29/h3-11,13-14,17,20,22-25,28-29,31-32,34-36H,12H2,1-2H3/b8-5+. The number of aliphatic hydroxyl groups is 4. The molecule has 1 aromatic carbocycles. The van der Waals surface area contributed by atoms with Crippen molar-refractivity contribution in [3.05, 3.63) is 71.5 Å². The van der Waals surface area contributed by atoms with E-state index in [4.69, 9.17) is 28.4 Å². The van der Waals surface area contributed by atoms with Crippen molar-refractivity contribution in [2.45, 2.75) is 55.6 Å². The van der Waals surface area contributed by atoms with E-state index in [1.807, 2.05) is 0 Å². The number of ether oxygens (including phenoxy) is 6. The molecule has 0 amide bonds. The summed E-state index contributed by atoms with van der Waals surface area (Å²) in [6.07, 6.45) is -2.06. The third-order valence-corrected chi connectivity index (χ3v) is 7.91. The van der Waals surface area contributed by atoms with Crippen LogP contribution in [0.4, 0.5) is 0 Å². The van der Waals surface area contributed by atoms with Crippen LogP contribution in [-0.4, -0.2) is 106 Å². The second-order valence-corrected chi connectivity index (χ2v) is 10.7. The molecule has 44 heavy (non-hydrogen) atoms. The van der Waals surface area contributed by atoms with Gasteiger partial charge in [0.05, 0.1) is 37.0 Å². The van der Waals surface area contributed by atoms with Crippen LogP contribution in [-0.2, 0) is 42.8 Å². The minimum Gasteiger partial charge on any atom is -0.508 e. The van der Waals surface area contributed by atoms with Crippen molar-refractivity contribution < 1.29 is 68.3 Å². The molecule has 1 aromatic rings. The molecule has 5 N–H and O–H groups in total. The Balaban J connectivity index is 1.39. The lowest BCUT2D eigenvalue weighted by molar-refractivity contribution is -0.344. The molecule has 0 bridgehead atoms. The summed E-state index contributed by atoms with van der Waals surface area (Å²) >= 11 is 0. The lowest BCUT2D eigenvalue weighted by Crippen LogP contribution is -2.60. The smallest absolute Gasteiger partial charge is 0.338 e. The van der Waals surface area contributed by atoms with Crippen LogP contribution in [0.5, 0.6) is 5.75 Å². The van der Waals surface area contributed by atoms with Gasteiger partial charge in [0.2, 0.25) is 6.29 Å². The predicted octanol–water partition coefficient (Wildman–Crippen LogP) is -0.409. The molecule has 5 rings (SSSR count). The summed E-state index contributed by atoms with van der Waals surface area (Å²) in [5.74, 6) is -3.97. The van der Waals surface area contributed by atoms with Crippen LogP contribution in [0.1, 0.15) is 12.5 Å². The topological polar surface area (TPSA) is 208 Å². The highest BCUT2D eigenvalue weighted by molar-refractivity contribution is 5.95. The summed E-state index contributed by atoms with van der Waals surface area (Å²) in [6.45, 7) is 0.790. The van der Waals surface area contributed by atoms with Gasteiger partial charge in [-0.1, -0.05) is 18.2 Å². The van der Waals surface area contributed by atoms with Crippen LogP contribution in [0.25, 0.3) is 6.08 Å². The predicted molar refractivity (Wildman–Crippen MR) is 146 cm³/mol. The Morgan fingerprint density at radius 3 is 2.50 bits per heavy atom. The third kappa shape index (κ3) is 5.87. The Hall–Kier alpha value is -4.05. The Bertz CT molecular complexity index is 1390. The molecule has 10 unspecified atom stereocenters. The molecular weight excluding hydrogens is 584 g/mol. The Kier molecular flexibility index (Phi) is 8.92. The molecule has 1 aliphatic carbocycles. The summed E-state index contributed by atoms with van der Waals surface area (Å²) in [5, 5.41) is 49.8. The van der Waals surface area contributed by atoms with E-state index in [1.165, 1.54) is 44.4 Å².